The molecule has 1 fully saturated rings. The number of rotatable bonds is 2. The molecule has 0 unspecified atom stereocenters. The van der Waals surface area contributed by atoms with Crippen molar-refractivity contribution in [3.63, 3.8) is 0 Å². The van der Waals surface area contributed by atoms with Gasteiger partial charge in [0.05, 0.1) is 28.9 Å². The minimum atomic E-state index is 0.0174. The summed E-state index contributed by atoms with van der Waals surface area (Å²) in [5.41, 5.74) is 2.76. The van der Waals surface area contributed by atoms with Crippen molar-refractivity contribution in [2.45, 2.75) is 25.0 Å². The second-order valence-corrected chi connectivity index (χ2v) is 6.76. The number of imidazole rings is 1. The van der Waals surface area contributed by atoms with Crippen LogP contribution < -0.4 is 5.69 Å². The average molecular weight is 362 g/mol. The molecule has 5 nitrogen and oxygen atoms in total. The van der Waals surface area contributed by atoms with E-state index in [2.05, 4.69) is 20.9 Å². The molecule has 114 valence electrons. The number of halogens is 1. The molecule has 22 heavy (non-hydrogen) atoms. The van der Waals surface area contributed by atoms with Crippen LogP contribution in [0.1, 0.15) is 18.9 Å². The van der Waals surface area contributed by atoms with Crippen LogP contribution in [-0.4, -0.2) is 27.3 Å². The molecule has 0 saturated heterocycles. The predicted octanol–water partition coefficient (Wildman–Crippen LogP) is 3.00. The molecule has 0 amide bonds. The maximum absolute atomic E-state index is 12.7. The van der Waals surface area contributed by atoms with Crippen LogP contribution in [0.2, 0.25) is 0 Å². The molecule has 0 bridgehead atoms. The lowest BCUT2D eigenvalue weighted by atomic mass is 9.89. The average Bonchev–Trinajstić information content (AvgIpc) is 2.72. The number of hydrogen-bond acceptors (Lipinski definition) is 3. The van der Waals surface area contributed by atoms with Gasteiger partial charge in [0.15, 0.2) is 0 Å². The zero-order valence-electron chi connectivity index (χ0n) is 12.4. The Hall–Kier alpha value is -1.66. The molecule has 0 N–H and O–H groups in total. The number of aromatic nitrogens is 3. The minimum Gasteiger partial charge on any atom is -0.381 e. The highest BCUT2D eigenvalue weighted by Crippen LogP contribution is 2.37. The summed E-state index contributed by atoms with van der Waals surface area (Å²) >= 11 is 3.51. The van der Waals surface area contributed by atoms with Crippen LogP contribution in [0.3, 0.4) is 0 Å². The lowest BCUT2D eigenvalue weighted by molar-refractivity contribution is 0.00635. The maximum Gasteiger partial charge on any atom is 0.329 e. The van der Waals surface area contributed by atoms with E-state index in [1.54, 1.807) is 24.9 Å². The van der Waals surface area contributed by atoms with Crippen molar-refractivity contribution in [2.75, 3.05) is 7.11 Å². The third-order valence-corrected chi connectivity index (χ3v) is 5.14. The molecule has 1 aliphatic rings. The van der Waals surface area contributed by atoms with E-state index in [0.717, 1.165) is 39.3 Å². The van der Waals surface area contributed by atoms with Gasteiger partial charge in [0.1, 0.15) is 0 Å². The lowest BCUT2D eigenvalue weighted by Crippen LogP contribution is -2.37. The Morgan fingerprint density at radius 2 is 2.14 bits per heavy atom. The Bertz CT molecular complexity index is 938. The van der Waals surface area contributed by atoms with Crippen molar-refractivity contribution in [1.82, 2.24) is 14.1 Å². The van der Waals surface area contributed by atoms with E-state index in [0.29, 0.717) is 0 Å². The lowest BCUT2D eigenvalue weighted by Gasteiger charge is -2.34. The molecule has 2 heterocycles. The van der Waals surface area contributed by atoms with Gasteiger partial charge in [-0.2, -0.15) is 0 Å². The van der Waals surface area contributed by atoms with Gasteiger partial charge >= 0.3 is 5.69 Å². The highest BCUT2D eigenvalue weighted by atomic mass is 79.9. The number of pyridine rings is 1. The molecule has 0 atom stereocenters. The van der Waals surface area contributed by atoms with Crippen molar-refractivity contribution in [1.29, 1.82) is 0 Å². The number of ether oxygens (including phenoxy) is 1. The molecule has 3 aromatic rings. The Morgan fingerprint density at radius 3 is 2.86 bits per heavy atom. The monoisotopic (exact) mass is 361 g/mol. The second-order valence-electron chi connectivity index (χ2n) is 5.85. The van der Waals surface area contributed by atoms with E-state index in [1.807, 2.05) is 22.8 Å². The summed E-state index contributed by atoms with van der Waals surface area (Å²) < 4.78 is 9.95. The topological polar surface area (TPSA) is 49.0 Å². The molecule has 2 aromatic heterocycles. The van der Waals surface area contributed by atoms with E-state index < -0.39 is 0 Å². The Kier molecular flexibility index (Phi) is 3.13. The fourth-order valence-corrected chi connectivity index (χ4v) is 3.64. The summed E-state index contributed by atoms with van der Waals surface area (Å²) in [6, 6.07) is 6.18. The standard InChI is InChI=1S/C16H16BrN3O2/c1-19-14-8-18-13-4-3-9(17)5-12(13)15(14)20(16(19)21)10-6-11(7-10)22-2/h3-5,8,10-11H,6-7H2,1-2H3. The number of fused-ring (bicyclic) bond motifs is 3. The molecule has 0 aliphatic heterocycles. The molecule has 6 heteroatoms. The van der Waals surface area contributed by atoms with E-state index >= 15 is 0 Å². The smallest absolute Gasteiger partial charge is 0.329 e. The molecule has 4 rings (SSSR count). The van der Waals surface area contributed by atoms with Crippen molar-refractivity contribution >= 4 is 37.9 Å². The molecule has 1 saturated carbocycles. The van der Waals surface area contributed by atoms with Crippen molar-refractivity contribution in [3.05, 3.63) is 39.4 Å². The first-order valence-corrected chi connectivity index (χ1v) is 8.07. The molecule has 0 radical (unpaired) electrons. The van der Waals surface area contributed by atoms with Crippen molar-refractivity contribution in [2.24, 2.45) is 7.05 Å². The third kappa shape index (κ3) is 1.87. The van der Waals surface area contributed by atoms with Gasteiger partial charge in [0.2, 0.25) is 0 Å². The van der Waals surface area contributed by atoms with Crippen LogP contribution in [-0.2, 0) is 11.8 Å². The van der Waals surface area contributed by atoms with Crippen LogP contribution in [0.4, 0.5) is 0 Å². The van der Waals surface area contributed by atoms with Gasteiger partial charge in [0.25, 0.3) is 0 Å². The van der Waals surface area contributed by atoms with Gasteiger partial charge in [-0.1, -0.05) is 15.9 Å². The number of nitrogens with zero attached hydrogens (tertiary/aromatic N) is 3. The molecular weight excluding hydrogens is 346 g/mol. The normalized spacial score (nSPS) is 21.4. The zero-order chi connectivity index (χ0) is 15.4. The van der Waals surface area contributed by atoms with Gasteiger partial charge in [-0.3, -0.25) is 14.1 Å². The molecule has 1 aromatic carbocycles. The SMILES string of the molecule is COC1CC(n2c(=O)n(C)c3cnc4ccc(Br)cc4c32)C1. The summed E-state index contributed by atoms with van der Waals surface area (Å²) in [6.07, 6.45) is 3.81. The second kappa shape index (κ2) is 4.93. The summed E-state index contributed by atoms with van der Waals surface area (Å²) in [4.78, 5) is 17.2. The Labute approximate surface area is 135 Å². The van der Waals surface area contributed by atoms with Gasteiger partial charge in [-0.25, -0.2) is 4.79 Å². The number of benzene rings is 1. The van der Waals surface area contributed by atoms with E-state index in [4.69, 9.17) is 4.74 Å². The fourth-order valence-electron chi connectivity index (χ4n) is 3.28. The van der Waals surface area contributed by atoms with Crippen molar-refractivity contribution < 1.29 is 4.74 Å². The summed E-state index contributed by atoms with van der Waals surface area (Å²) in [7, 11) is 3.53. The quantitative estimate of drug-likeness (QED) is 0.704. The fraction of sp³-hybridized carbons (Fsp3) is 0.375. The van der Waals surface area contributed by atoms with Gasteiger partial charge in [-0.05, 0) is 31.0 Å². The van der Waals surface area contributed by atoms with Crippen LogP contribution >= 0.6 is 15.9 Å². The summed E-state index contributed by atoms with van der Waals surface area (Å²) in [5.74, 6) is 0. The predicted molar refractivity (Wildman–Crippen MR) is 89.2 cm³/mol. The largest absolute Gasteiger partial charge is 0.381 e. The van der Waals surface area contributed by atoms with E-state index in [-0.39, 0.29) is 17.8 Å². The third-order valence-electron chi connectivity index (χ3n) is 4.65. The Balaban J connectivity index is 2.04. The summed E-state index contributed by atoms with van der Waals surface area (Å²) in [6.45, 7) is 0. The minimum absolute atomic E-state index is 0.0174. The first-order valence-electron chi connectivity index (χ1n) is 7.28. The van der Waals surface area contributed by atoms with Crippen molar-refractivity contribution in [3.8, 4) is 0 Å². The van der Waals surface area contributed by atoms with Crippen LogP contribution in [0.5, 0.6) is 0 Å². The van der Waals surface area contributed by atoms with Crippen LogP contribution in [0.15, 0.2) is 33.7 Å². The molecule has 0 spiro atoms. The maximum atomic E-state index is 12.7. The summed E-state index contributed by atoms with van der Waals surface area (Å²) in [5, 5.41) is 1.01. The van der Waals surface area contributed by atoms with Gasteiger partial charge in [0, 0.05) is 30.1 Å². The zero-order valence-corrected chi connectivity index (χ0v) is 14.0. The van der Waals surface area contributed by atoms with E-state index in [9.17, 15) is 4.79 Å². The molecule has 1 aliphatic carbocycles. The van der Waals surface area contributed by atoms with Crippen LogP contribution in [0, 0.1) is 0 Å². The highest BCUT2D eigenvalue weighted by Gasteiger charge is 2.33. The van der Waals surface area contributed by atoms with Gasteiger partial charge in [-0.15, -0.1) is 0 Å². The first-order chi connectivity index (χ1) is 10.6. The number of hydrogen-bond donors (Lipinski definition) is 0. The number of methoxy groups -OCH3 is 1. The first kappa shape index (κ1) is 14.0. The van der Waals surface area contributed by atoms with E-state index in [1.165, 1.54) is 0 Å². The number of aryl methyl sites for hydroxylation is 1. The van der Waals surface area contributed by atoms with Crippen LogP contribution in [0.25, 0.3) is 21.9 Å². The Morgan fingerprint density at radius 1 is 1.36 bits per heavy atom. The van der Waals surface area contributed by atoms with Gasteiger partial charge < -0.3 is 4.74 Å². The molecular formula is C16H16BrN3O2. The highest BCUT2D eigenvalue weighted by molar-refractivity contribution is 9.10.